The first kappa shape index (κ1) is 24.8. The third-order valence-corrected chi connectivity index (χ3v) is 5.23. The van der Waals surface area contributed by atoms with Crippen LogP contribution in [0.1, 0.15) is 25.0 Å². The van der Waals surface area contributed by atoms with Gasteiger partial charge in [-0.1, -0.05) is 18.2 Å². The smallest absolute Gasteiger partial charge is 0.331 e. The van der Waals surface area contributed by atoms with Crippen LogP contribution in [0.4, 0.5) is 0 Å². The number of esters is 1. The lowest BCUT2D eigenvalue weighted by Crippen LogP contribution is -2.19. The summed E-state index contributed by atoms with van der Waals surface area (Å²) in [5, 5.41) is 10.8. The van der Waals surface area contributed by atoms with Crippen molar-refractivity contribution in [1.29, 1.82) is 0 Å². The summed E-state index contributed by atoms with van der Waals surface area (Å²) in [7, 11) is 1.24. The molecule has 0 aliphatic carbocycles. The van der Waals surface area contributed by atoms with E-state index in [1.54, 1.807) is 6.21 Å². The molecule has 3 rings (SSSR count). The van der Waals surface area contributed by atoms with E-state index in [0.717, 1.165) is 29.0 Å². The number of thioether (sulfide) groups is 1. The molecule has 0 atom stereocenters. The maximum Gasteiger partial charge on any atom is 0.331 e. The van der Waals surface area contributed by atoms with Gasteiger partial charge in [-0.3, -0.25) is 10.1 Å². The Hall–Kier alpha value is -3.79. The van der Waals surface area contributed by atoms with E-state index in [2.05, 4.69) is 20.3 Å². The molecule has 1 heterocycles. The summed E-state index contributed by atoms with van der Waals surface area (Å²) >= 11 is 1.01. The van der Waals surface area contributed by atoms with E-state index in [9.17, 15) is 9.59 Å². The van der Waals surface area contributed by atoms with Gasteiger partial charge in [0.05, 0.1) is 31.4 Å². The van der Waals surface area contributed by atoms with Crippen molar-refractivity contribution >= 4 is 35.0 Å². The predicted octanol–water partition coefficient (Wildman–Crippen LogP) is 3.67. The van der Waals surface area contributed by atoms with Crippen molar-refractivity contribution in [3.8, 4) is 17.2 Å². The summed E-state index contributed by atoms with van der Waals surface area (Å²) in [5.41, 5.74) is 1.71. The molecule has 0 unspecified atom stereocenters. The number of rotatable bonds is 10. The van der Waals surface area contributed by atoms with Crippen molar-refractivity contribution < 1.29 is 28.5 Å². The van der Waals surface area contributed by atoms with Crippen LogP contribution < -0.4 is 19.5 Å². The van der Waals surface area contributed by atoms with Crippen molar-refractivity contribution in [3.05, 3.63) is 64.6 Å². The number of amides is 1. The Bertz CT molecular complexity index is 1130. The molecule has 1 saturated heterocycles. The summed E-state index contributed by atoms with van der Waals surface area (Å²) in [4.78, 5) is 23.3. The second-order valence-electron chi connectivity index (χ2n) is 6.75. The van der Waals surface area contributed by atoms with Crippen LogP contribution in [0.5, 0.6) is 17.2 Å². The van der Waals surface area contributed by atoms with Crippen molar-refractivity contribution in [1.82, 2.24) is 5.32 Å². The van der Waals surface area contributed by atoms with Crippen LogP contribution in [0.15, 0.2) is 63.6 Å². The molecule has 2 aromatic carbocycles. The molecule has 0 spiro atoms. The van der Waals surface area contributed by atoms with Crippen LogP contribution in [0.3, 0.4) is 0 Å². The number of nitrogens with zero attached hydrogens (tertiary/aromatic N) is 2. The molecular formula is C24H25N3O6S. The van der Waals surface area contributed by atoms with Crippen LogP contribution in [0.2, 0.25) is 0 Å². The zero-order valence-corrected chi connectivity index (χ0v) is 19.9. The van der Waals surface area contributed by atoms with E-state index in [-0.39, 0.29) is 10.1 Å². The molecule has 1 aliphatic heterocycles. The molecule has 0 saturated carbocycles. The fraction of sp³-hybridized carbons (Fsp3) is 0.250. The monoisotopic (exact) mass is 483 g/mol. The van der Waals surface area contributed by atoms with E-state index >= 15 is 0 Å². The standard InChI is InChI=1S/C24H25N3O6S/c1-4-31-19-10-9-17(12-20(19)32-5-2)15-33-18-8-6-7-16(11-18)14-25-27-24-26-23(29)21(34-24)13-22(28)30-3/h6-14H,4-5,15H2,1-3H3,(H,26,27,29)/b21-13+,25-14?. The Balaban J connectivity index is 1.61. The molecule has 0 bridgehead atoms. The molecule has 2 aromatic rings. The number of carbonyl (C=O) groups excluding carboxylic acids is 2. The average Bonchev–Trinajstić information content (AvgIpc) is 3.18. The van der Waals surface area contributed by atoms with Gasteiger partial charge in [0.15, 0.2) is 16.7 Å². The van der Waals surface area contributed by atoms with Gasteiger partial charge in [0.25, 0.3) is 5.91 Å². The van der Waals surface area contributed by atoms with E-state index in [1.807, 2.05) is 56.3 Å². The molecule has 1 fully saturated rings. The normalized spacial score (nSPS) is 15.6. The van der Waals surface area contributed by atoms with Gasteiger partial charge >= 0.3 is 5.97 Å². The van der Waals surface area contributed by atoms with Crippen LogP contribution in [0, 0.1) is 0 Å². The van der Waals surface area contributed by atoms with Gasteiger partial charge in [0.2, 0.25) is 0 Å². The minimum absolute atomic E-state index is 0.193. The van der Waals surface area contributed by atoms with Gasteiger partial charge in [-0.2, -0.15) is 5.10 Å². The van der Waals surface area contributed by atoms with Gasteiger partial charge < -0.3 is 18.9 Å². The Morgan fingerprint density at radius 3 is 2.62 bits per heavy atom. The molecule has 0 aromatic heterocycles. The Labute approximate surface area is 201 Å². The zero-order valence-electron chi connectivity index (χ0n) is 19.1. The molecule has 10 heteroatoms. The first-order valence-electron chi connectivity index (χ1n) is 10.5. The van der Waals surface area contributed by atoms with Crippen molar-refractivity contribution in [2.45, 2.75) is 20.5 Å². The van der Waals surface area contributed by atoms with Gasteiger partial charge in [-0.25, -0.2) is 4.79 Å². The lowest BCUT2D eigenvalue weighted by molar-refractivity contribution is -0.135. The molecule has 9 nitrogen and oxygen atoms in total. The maximum atomic E-state index is 11.8. The van der Waals surface area contributed by atoms with Crippen LogP contribution >= 0.6 is 11.8 Å². The third kappa shape index (κ3) is 7.11. The highest BCUT2D eigenvalue weighted by atomic mass is 32.2. The highest BCUT2D eigenvalue weighted by Crippen LogP contribution is 2.29. The minimum atomic E-state index is -0.612. The van der Waals surface area contributed by atoms with E-state index < -0.39 is 11.9 Å². The quantitative estimate of drug-likeness (QED) is 0.238. The molecule has 0 radical (unpaired) electrons. The summed E-state index contributed by atoms with van der Waals surface area (Å²) in [6, 6.07) is 13.1. The van der Waals surface area contributed by atoms with Crippen LogP contribution in [-0.4, -0.2) is 43.6 Å². The highest BCUT2D eigenvalue weighted by Gasteiger charge is 2.25. The van der Waals surface area contributed by atoms with Gasteiger partial charge in [0, 0.05) is 6.08 Å². The summed E-state index contributed by atoms with van der Waals surface area (Å²) in [6.07, 6.45) is 2.65. The third-order valence-electron chi connectivity index (χ3n) is 4.33. The predicted molar refractivity (Wildman–Crippen MR) is 130 cm³/mol. The minimum Gasteiger partial charge on any atom is -0.490 e. The average molecular weight is 484 g/mol. The van der Waals surface area contributed by atoms with Crippen molar-refractivity contribution in [2.24, 2.45) is 10.2 Å². The second-order valence-corrected chi connectivity index (χ2v) is 7.78. The van der Waals surface area contributed by atoms with Gasteiger partial charge in [0.1, 0.15) is 12.4 Å². The fourth-order valence-electron chi connectivity index (χ4n) is 2.83. The van der Waals surface area contributed by atoms with Gasteiger partial charge in [-0.05, 0) is 61.0 Å². The number of methoxy groups -OCH3 is 1. The Morgan fingerprint density at radius 2 is 1.85 bits per heavy atom. The molecule has 1 aliphatic rings. The van der Waals surface area contributed by atoms with Gasteiger partial charge in [-0.15, -0.1) is 5.10 Å². The lowest BCUT2D eigenvalue weighted by atomic mass is 10.2. The fourth-order valence-corrected chi connectivity index (χ4v) is 3.56. The molecular weight excluding hydrogens is 458 g/mol. The Morgan fingerprint density at radius 1 is 1.06 bits per heavy atom. The molecule has 34 heavy (non-hydrogen) atoms. The van der Waals surface area contributed by atoms with E-state index in [1.165, 1.54) is 7.11 Å². The van der Waals surface area contributed by atoms with E-state index in [0.29, 0.717) is 37.1 Å². The number of ether oxygens (including phenoxy) is 4. The van der Waals surface area contributed by atoms with Crippen LogP contribution in [0.25, 0.3) is 0 Å². The van der Waals surface area contributed by atoms with E-state index in [4.69, 9.17) is 14.2 Å². The number of hydrogen-bond acceptors (Lipinski definition) is 9. The number of carbonyl (C=O) groups is 2. The lowest BCUT2D eigenvalue weighted by Gasteiger charge is -2.13. The summed E-state index contributed by atoms with van der Waals surface area (Å²) < 4.78 is 21.7. The number of benzene rings is 2. The van der Waals surface area contributed by atoms with Crippen molar-refractivity contribution in [3.63, 3.8) is 0 Å². The first-order chi connectivity index (χ1) is 16.5. The second kappa shape index (κ2) is 12.4. The highest BCUT2D eigenvalue weighted by molar-refractivity contribution is 8.18. The maximum absolute atomic E-state index is 11.8. The number of hydrogen-bond donors (Lipinski definition) is 1. The van der Waals surface area contributed by atoms with Crippen molar-refractivity contribution in [2.75, 3.05) is 20.3 Å². The number of amidine groups is 1. The zero-order chi connectivity index (χ0) is 24.3. The number of nitrogens with one attached hydrogen (secondary N) is 1. The molecule has 178 valence electrons. The summed E-state index contributed by atoms with van der Waals surface area (Å²) in [6.45, 7) is 5.31. The Kier molecular flexibility index (Phi) is 9.10. The summed E-state index contributed by atoms with van der Waals surface area (Å²) in [5.74, 6) is 1.01. The largest absolute Gasteiger partial charge is 0.490 e. The van der Waals surface area contributed by atoms with Crippen LogP contribution in [-0.2, 0) is 20.9 Å². The molecule has 1 amide bonds. The topological polar surface area (TPSA) is 108 Å². The SMILES string of the molecule is CCOc1ccc(COc2cccc(C=N/N=C3/NC(=O)/C(=C\C(=O)OC)S3)c2)cc1OCC. The molecule has 1 N–H and O–H groups in total. The first-order valence-corrected chi connectivity index (χ1v) is 11.3.